The van der Waals surface area contributed by atoms with E-state index < -0.39 is 164 Å². The Bertz CT molecular complexity index is 1910. The van der Waals surface area contributed by atoms with Crippen LogP contribution in [0.25, 0.3) is 0 Å². The van der Waals surface area contributed by atoms with Crippen molar-refractivity contribution in [2.45, 2.75) is 92.1 Å². The smallest absolute Gasteiger partial charge is 0.376 e. The van der Waals surface area contributed by atoms with Crippen molar-refractivity contribution in [2.75, 3.05) is 55.4 Å². The van der Waals surface area contributed by atoms with Gasteiger partial charge in [0.1, 0.15) is 61.0 Å². The Morgan fingerprint density at radius 3 is 1.15 bits per heavy atom. The van der Waals surface area contributed by atoms with Gasteiger partial charge in [-0.1, -0.05) is 0 Å². The maximum absolute atomic E-state index is 11.9. The minimum absolute atomic E-state index is 0.744. The molecule has 3 heterocycles. The molecule has 0 saturated carbocycles. The second-order valence-corrected chi connectivity index (χ2v) is 17.3. The van der Waals surface area contributed by atoms with Gasteiger partial charge in [-0.15, -0.1) is 0 Å². The van der Waals surface area contributed by atoms with Gasteiger partial charge in [-0.2, -0.15) is 42.1 Å². The summed E-state index contributed by atoms with van der Waals surface area (Å²) in [5.74, 6) is 0. The zero-order chi connectivity index (χ0) is 44.9. The number of methoxy groups -OCH3 is 5. The number of rotatable bonds is 22. The second kappa shape index (κ2) is 21.1. The van der Waals surface area contributed by atoms with E-state index in [0.29, 0.717) is 0 Å². The molecular formula is C23H42O31S5. The van der Waals surface area contributed by atoms with E-state index in [-0.39, 0.29) is 0 Å². The monoisotopic (exact) mass is 974 g/mol. The summed E-state index contributed by atoms with van der Waals surface area (Å²) in [6, 6.07) is 0. The lowest BCUT2D eigenvalue weighted by Gasteiger charge is -2.47. The molecule has 0 aliphatic carbocycles. The van der Waals surface area contributed by atoms with Crippen LogP contribution in [0.5, 0.6) is 0 Å². The fraction of sp³-hybridized carbons (Fsp3) is 1.00. The van der Waals surface area contributed by atoms with Crippen molar-refractivity contribution < 1.29 is 138 Å². The molecule has 0 spiro atoms. The molecule has 3 rings (SSSR count). The number of aliphatic hydroxyl groups excluding tert-OH is 1. The van der Waals surface area contributed by atoms with Gasteiger partial charge >= 0.3 is 52.0 Å². The molecule has 1 unspecified atom stereocenters. The lowest BCUT2D eigenvalue weighted by molar-refractivity contribution is -0.341. The first-order valence-electron chi connectivity index (χ1n) is 15.8. The molecule has 0 bridgehead atoms. The van der Waals surface area contributed by atoms with Gasteiger partial charge in [0.05, 0.1) is 19.8 Å². The van der Waals surface area contributed by atoms with Gasteiger partial charge in [0, 0.05) is 35.5 Å². The second-order valence-electron chi connectivity index (χ2n) is 12.0. The Hall–Kier alpha value is -1.09. The Kier molecular flexibility index (Phi) is 18.7. The van der Waals surface area contributed by atoms with E-state index in [1.165, 1.54) is 0 Å². The summed E-state index contributed by atoms with van der Waals surface area (Å²) in [4.78, 5) is 0. The van der Waals surface area contributed by atoms with Gasteiger partial charge in [0.15, 0.2) is 31.1 Å². The average Bonchev–Trinajstić information content (AvgIpc) is 3.08. The van der Waals surface area contributed by atoms with Crippen LogP contribution < -0.4 is 0 Å². The molecular weight excluding hydrogens is 933 g/mol. The van der Waals surface area contributed by atoms with Gasteiger partial charge in [-0.25, -0.2) is 20.9 Å². The van der Waals surface area contributed by atoms with Crippen LogP contribution in [0.4, 0.5) is 0 Å². The Morgan fingerprint density at radius 1 is 0.390 bits per heavy atom. The number of hydrogen-bond donors (Lipinski definition) is 6. The third-order valence-electron chi connectivity index (χ3n) is 8.31. The van der Waals surface area contributed by atoms with Crippen molar-refractivity contribution in [3.05, 3.63) is 0 Å². The molecule has 59 heavy (non-hydrogen) atoms. The SMILES string of the molecule is CO[C@@H]1[C@@H](OS(=O)(=O)O)[C@@H](OC[C@H]2OC(O)[C@H](OS(=O)(=O)O)[C@@H](OS(=O)(=O)O)[C@@H]2OC)O[C@H](CO[C@H]2O[C@H](COS(=O)(=O)O)[C@@H](OS(=O)(=O)O)[C@H](OC)[C@H]2OC)[C@H]1OC. The fourth-order valence-electron chi connectivity index (χ4n) is 6.20. The highest BCUT2D eigenvalue weighted by atomic mass is 32.3. The predicted molar refractivity (Wildman–Crippen MR) is 177 cm³/mol. The number of aliphatic hydroxyl groups is 1. The summed E-state index contributed by atoms with van der Waals surface area (Å²) in [5, 5.41) is 10.5. The first-order valence-corrected chi connectivity index (χ1v) is 22.6. The van der Waals surface area contributed by atoms with E-state index in [4.69, 9.17) is 60.7 Å². The van der Waals surface area contributed by atoms with Gasteiger partial charge in [0.25, 0.3) is 0 Å². The Balaban J connectivity index is 1.96. The Labute approximate surface area is 336 Å². The maximum atomic E-state index is 11.9. The molecule has 31 nitrogen and oxygen atoms in total. The standard InChI is InChI=1S/C23H42O31S5/c1-40-12-10(7-45-22-19(44-5)16(43-4)14(51-56(28,29)30)11(50-22)8-47-55(25,26)27)49-23(20(15(12)42-3)54-59(37,38)39)46-6-9-13(41-2)17(52-57(31,32)33)18(21(24)48-9)53-58(34,35)36/h9-24H,6-8H2,1-5H3,(H,25,26,27)(H,28,29,30)(H,31,32,33)(H,34,35,36)(H,37,38,39)/t9-,10-,11-,12-,13-,14-,15+,16+,17+,18-,19-,20-,21?,22+,23+/m1/s1. The number of ether oxygens (including phenoxy) is 10. The van der Waals surface area contributed by atoms with Gasteiger partial charge in [-0.05, 0) is 0 Å². The summed E-state index contributed by atoms with van der Waals surface area (Å²) in [7, 11) is -21.7. The van der Waals surface area contributed by atoms with E-state index in [9.17, 15) is 60.9 Å². The molecule has 3 aliphatic rings. The summed E-state index contributed by atoms with van der Waals surface area (Å²) in [6.07, 6.45) is -28.0. The summed E-state index contributed by atoms with van der Waals surface area (Å²) in [5.41, 5.74) is 0. The molecule has 0 radical (unpaired) electrons. The summed E-state index contributed by atoms with van der Waals surface area (Å²) >= 11 is 0. The van der Waals surface area contributed by atoms with Crippen LogP contribution in [0.1, 0.15) is 0 Å². The molecule has 15 atom stereocenters. The zero-order valence-electron chi connectivity index (χ0n) is 30.7. The van der Waals surface area contributed by atoms with Crippen molar-refractivity contribution in [2.24, 2.45) is 0 Å². The Morgan fingerprint density at radius 2 is 0.729 bits per heavy atom. The molecule has 0 aromatic heterocycles. The largest absolute Gasteiger partial charge is 0.397 e. The first kappa shape index (κ1) is 52.3. The van der Waals surface area contributed by atoms with Crippen LogP contribution in [0.15, 0.2) is 0 Å². The minimum Gasteiger partial charge on any atom is -0.376 e. The van der Waals surface area contributed by atoms with Gasteiger partial charge in [-0.3, -0.25) is 22.8 Å². The van der Waals surface area contributed by atoms with Gasteiger partial charge < -0.3 is 52.5 Å². The van der Waals surface area contributed by atoms with Crippen LogP contribution in [0.2, 0.25) is 0 Å². The lowest BCUT2D eigenvalue weighted by Crippen LogP contribution is -2.65. The van der Waals surface area contributed by atoms with Crippen LogP contribution >= 0.6 is 0 Å². The summed E-state index contributed by atoms with van der Waals surface area (Å²) < 4.78 is 240. The van der Waals surface area contributed by atoms with Crippen molar-refractivity contribution in [3.8, 4) is 0 Å². The highest BCUT2D eigenvalue weighted by Crippen LogP contribution is 2.34. The molecule has 0 aromatic carbocycles. The van der Waals surface area contributed by atoms with E-state index >= 15 is 0 Å². The van der Waals surface area contributed by atoms with E-state index in [1.807, 2.05) is 0 Å². The highest BCUT2D eigenvalue weighted by Gasteiger charge is 2.55. The lowest BCUT2D eigenvalue weighted by atomic mass is 9.97. The third-order valence-corrected chi connectivity index (χ3v) is 10.6. The van der Waals surface area contributed by atoms with Crippen LogP contribution in [0, 0.1) is 0 Å². The van der Waals surface area contributed by atoms with Gasteiger partial charge in [0.2, 0.25) is 0 Å². The molecule has 3 saturated heterocycles. The first-order chi connectivity index (χ1) is 27.0. The van der Waals surface area contributed by atoms with Crippen molar-refractivity contribution in [3.63, 3.8) is 0 Å². The van der Waals surface area contributed by atoms with E-state index in [2.05, 4.69) is 16.7 Å². The quantitative estimate of drug-likeness (QED) is 0.0552. The van der Waals surface area contributed by atoms with E-state index in [1.54, 1.807) is 0 Å². The van der Waals surface area contributed by atoms with Crippen molar-refractivity contribution in [1.29, 1.82) is 0 Å². The minimum atomic E-state index is -5.49. The average molecular weight is 975 g/mol. The molecule has 6 N–H and O–H groups in total. The molecule has 3 aliphatic heterocycles. The molecule has 3 fully saturated rings. The van der Waals surface area contributed by atoms with Crippen LogP contribution in [-0.2, 0) is 120 Å². The third kappa shape index (κ3) is 15.6. The molecule has 0 amide bonds. The highest BCUT2D eigenvalue weighted by molar-refractivity contribution is 7.81. The van der Waals surface area contributed by atoms with Crippen molar-refractivity contribution in [1.82, 2.24) is 0 Å². The fourth-order valence-corrected chi connectivity index (χ4v) is 8.49. The molecule has 36 heteroatoms. The van der Waals surface area contributed by atoms with E-state index in [0.717, 1.165) is 35.5 Å². The number of hydrogen-bond acceptors (Lipinski definition) is 26. The van der Waals surface area contributed by atoms with Crippen LogP contribution in [0.3, 0.4) is 0 Å². The zero-order valence-corrected chi connectivity index (χ0v) is 34.8. The maximum Gasteiger partial charge on any atom is 0.397 e. The normalized spacial score (nSPS) is 36.7. The van der Waals surface area contributed by atoms with Crippen LogP contribution in [-0.4, -0.2) is 217 Å². The molecule has 0 aromatic rings. The summed E-state index contributed by atoms with van der Waals surface area (Å²) in [6.45, 7) is -2.88. The molecule has 350 valence electrons. The van der Waals surface area contributed by atoms with Crippen molar-refractivity contribution >= 4 is 52.0 Å². The topological polar surface area (TPSA) is 431 Å². The predicted octanol–water partition coefficient (Wildman–Crippen LogP) is -5.17.